The van der Waals surface area contributed by atoms with E-state index >= 15 is 0 Å². The third-order valence-electron chi connectivity index (χ3n) is 2.61. The highest BCUT2D eigenvalue weighted by molar-refractivity contribution is 5.87. The minimum atomic E-state index is -0.153. The summed E-state index contributed by atoms with van der Waals surface area (Å²) >= 11 is 0. The van der Waals surface area contributed by atoms with Gasteiger partial charge in [-0.3, -0.25) is 9.78 Å². The minimum absolute atomic E-state index is 0.117. The molecule has 1 unspecified atom stereocenters. The number of hydrogen-bond acceptors (Lipinski definition) is 4. The van der Waals surface area contributed by atoms with Gasteiger partial charge in [-0.15, -0.1) is 0 Å². The summed E-state index contributed by atoms with van der Waals surface area (Å²) in [7, 11) is 1.81. The molecule has 1 fully saturated rings. The summed E-state index contributed by atoms with van der Waals surface area (Å²) in [5.41, 5.74) is 7.07. The van der Waals surface area contributed by atoms with Crippen molar-refractivity contribution < 1.29 is 4.79 Å². The van der Waals surface area contributed by atoms with Gasteiger partial charge in [0, 0.05) is 19.8 Å². The van der Waals surface area contributed by atoms with Gasteiger partial charge in [-0.2, -0.15) is 0 Å². The van der Waals surface area contributed by atoms with E-state index in [4.69, 9.17) is 5.73 Å². The Morgan fingerprint density at radius 3 is 3.07 bits per heavy atom. The van der Waals surface area contributed by atoms with E-state index in [1.54, 1.807) is 30.4 Å². The fraction of sp³-hybridized carbons (Fsp3) is 0.400. The number of nitrogen functional groups attached to an aromatic ring is 1. The van der Waals surface area contributed by atoms with E-state index in [2.05, 4.69) is 10.3 Å². The summed E-state index contributed by atoms with van der Waals surface area (Å²) < 4.78 is 0. The molecular formula is C10H14N4O. The van der Waals surface area contributed by atoms with Crippen molar-refractivity contribution in [2.45, 2.75) is 12.5 Å². The second-order valence-corrected chi connectivity index (χ2v) is 3.71. The molecule has 80 valence electrons. The summed E-state index contributed by atoms with van der Waals surface area (Å²) in [6, 6.07) is 1.63. The quantitative estimate of drug-likeness (QED) is 0.730. The number of anilines is 2. The Morgan fingerprint density at radius 1 is 1.67 bits per heavy atom. The third-order valence-corrected chi connectivity index (χ3v) is 2.61. The Kier molecular flexibility index (Phi) is 2.45. The Bertz CT molecular complexity index is 379. The monoisotopic (exact) mass is 206 g/mol. The van der Waals surface area contributed by atoms with E-state index in [0.29, 0.717) is 5.69 Å². The minimum Gasteiger partial charge on any atom is -0.396 e. The van der Waals surface area contributed by atoms with E-state index < -0.39 is 0 Å². The van der Waals surface area contributed by atoms with E-state index in [9.17, 15) is 4.79 Å². The number of pyridine rings is 1. The number of amides is 1. The van der Waals surface area contributed by atoms with Crippen LogP contribution in [0, 0.1) is 0 Å². The van der Waals surface area contributed by atoms with E-state index in [-0.39, 0.29) is 11.9 Å². The number of likely N-dealkylation sites (N-methyl/N-ethyl adjacent to an activating group) is 1. The van der Waals surface area contributed by atoms with Gasteiger partial charge in [-0.25, -0.2) is 0 Å². The number of nitrogens with zero attached hydrogens (tertiary/aromatic N) is 2. The van der Waals surface area contributed by atoms with Gasteiger partial charge in [0.1, 0.15) is 6.04 Å². The molecular weight excluding hydrogens is 192 g/mol. The number of likely N-dealkylation sites (tertiary alicyclic amines) is 1. The molecule has 1 amide bonds. The van der Waals surface area contributed by atoms with Crippen LogP contribution >= 0.6 is 0 Å². The van der Waals surface area contributed by atoms with E-state index in [0.717, 1.165) is 18.7 Å². The molecule has 1 saturated heterocycles. The molecule has 0 aliphatic carbocycles. The number of carbonyl (C=O) groups is 1. The first-order valence-corrected chi connectivity index (χ1v) is 4.89. The van der Waals surface area contributed by atoms with Gasteiger partial charge in [0.05, 0.1) is 17.6 Å². The zero-order valence-electron chi connectivity index (χ0n) is 8.60. The largest absolute Gasteiger partial charge is 0.396 e. The van der Waals surface area contributed by atoms with Crippen molar-refractivity contribution in [1.82, 2.24) is 9.88 Å². The first kappa shape index (κ1) is 9.76. The summed E-state index contributed by atoms with van der Waals surface area (Å²) in [5.74, 6) is 0.117. The predicted octanol–water partition coefficient (Wildman–Crippen LogP) is 0.306. The van der Waals surface area contributed by atoms with Crippen molar-refractivity contribution in [3.8, 4) is 0 Å². The second-order valence-electron chi connectivity index (χ2n) is 3.71. The highest BCUT2D eigenvalue weighted by Crippen LogP contribution is 2.20. The van der Waals surface area contributed by atoms with Gasteiger partial charge in [-0.05, 0) is 12.5 Å². The number of aromatic nitrogens is 1. The van der Waals surface area contributed by atoms with Crippen LogP contribution < -0.4 is 11.1 Å². The number of nitrogens with one attached hydrogen (secondary N) is 1. The van der Waals surface area contributed by atoms with Gasteiger partial charge >= 0.3 is 0 Å². The summed E-state index contributed by atoms with van der Waals surface area (Å²) in [5, 5.41) is 3.13. The Labute approximate surface area is 88.3 Å². The SMILES string of the molecule is CN1CCC(Nc2ccncc2N)C1=O. The number of carbonyl (C=O) groups excluding carboxylic acids is 1. The highest BCUT2D eigenvalue weighted by atomic mass is 16.2. The average Bonchev–Trinajstić information content (AvgIpc) is 2.53. The van der Waals surface area contributed by atoms with Crippen molar-refractivity contribution in [3.05, 3.63) is 18.5 Å². The molecule has 1 aromatic rings. The standard InChI is InChI=1S/C10H14N4O/c1-14-5-3-9(10(14)15)13-8-2-4-12-6-7(8)11/h2,4,6,9H,3,5,11H2,1H3,(H,12,13). The molecule has 5 nitrogen and oxygen atoms in total. The first-order valence-electron chi connectivity index (χ1n) is 4.89. The van der Waals surface area contributed by atoms with Crippen molar-refractivity contribution in [3.63, 3.8) is 0 Å². The highest BCUT2D eigenvalue weighted by Gasteiger charge is 2.28. The number of nitrogens with two attached hydrogens (primary N) is 1. The van der Waals surface area contributed by atoms with Crippen LogP contribution in [0.15, 0.2) is 18.5 Å². The lowest BCUT2D eigenvalue weighted by atomic mass is 10.2. The number of rotatable bonds is 2. The van der Waals surface area contributed by atoms with Crippen molar-refractivity contribution in [2.75, 3.05) is 24.6 Å². The molecule has 1 aliphatic rings. The zero-order chi connectivity index (χ0) is 10.8. The smallest absolute Gasteiger partial charge is 0.244 e. The summed E-state index contributed by atoms with van der Waals surface area (Å²) in [4.78, 5) is 17.2. The molecule has 1 atom stereocenters. The lowest BCUT2D eigenvalue weighted by Gasteiger charge is -2.14. The van der Waals surface area contributed by atoms with Crippen LogP contribution in [0.4, 0.5) is 11.4 Å². The summed E-state index contributed by atoms with van der Waals surface area (Å²) in [6.45, 7) is 0.793. The van der Waals surface area contributed by atoms with Gasteiger partial charge in [0.25, 0.3) is 0 Å². The topological polar surface area (TPSA) is 71.2 Å². The molecule has 1 aliphatic heterocycles. The Balaban J connectivity index is 2.10. The van der Waals surface area contributed by atoms with Crippen LogP contribution in [0.25, 0.3) is 0 Å². The molecule has 5 heteroatoms. The van der Waals surface area contributed by atoms with Crippen LogP contribution in [0.2, 0.25) is 0 Å². The van der Waals surface area contributed by atoms with E-state index in [1.807, 2.05) is 0 Å². The zero-order valence-corrected chi connectivity index (χ0v) is 8.60. The number of hydrogen-bond donors (Lipinski definition) is 2. The Morgan fingerprint density at radius 2 is 2.47 bits per heavy atom. The fourth-order valence-corrected chi connectivity index (χ4v) is 1.68. The van der Waals surface area contributed by atoms with Crippen molar-refractivity contribution in [2.24, 2.45) is 0 Å². The molecule has 2 rings (SSSR count). The maximum atomic E-state index is 11.6. The van der Waals surface area contributed by atoms with Crippen molar-refractivity contribution >= 4 is 17.3 Å². The molecule has 0 radical (unpaired) electrons. The molecule has 0 bridgehead atoms. The first-order chi connectivity index (χ1) is 7.18. The van der Waals surface area contributed by atoms with Crippen molar-refractivity contribution in [1.29, 1.82) is 0 Å². The molecule has 2 heterocycles. The van der Waals surface area contributed by atoms with E-state index in [1.165, 1.54) is 0 Å². The normalized spacial score (nSPS) is 20.7. The molecule has 15 heavy (non-hydrogen) atoms. The van der Waals surface area contributed by atoms with Gasteiger partial charge in [0.2, 0.25) is 5.91 Å². The molecule has 0 spiro atoms. The molecule has 1 aromatic heterocycles. The summed E-state index contributed by atoms with van der Waals surface area (Å²) in [6.07, 6.45) is 4.05. The molecule has 0 saturated carbocycles. The third kappa shape index (κ3) is 1.86. The van der Waals surface area contributed by atoms with Crippen LogP contribution in [-0.2, 0) is 4.79 Å². The lowest BCUT2D eigenvalue weighted by molar-refractivity contribution is -0.127. The average molecular weight is 206 g/mol. The lowest BCUT2D eigenvalue weighted by Crippen LogP contribution is -2.31. The molecule has 0 aromatic carbocycles. The predicted molar refractivity (Wildman–Crippen MR) is 58.3 cm³/mol. The molecule has 3 N–H and O–H groups in total. The maximum Gasteiger partial charge on any atom is 0.244 e. The Hall–Kier alpha value is -1.78. The maximum absolute atomic E-state index is 11.6. The van der Waals surface area contributed by atoms with Crippen LogP contribution in [0.1, 0.15) is 6.42 Å². The van der Waals surface area contributed by atoms with Gasteiger partial charge in [-0.1, -0.05) is 0 Å². The van der Waals surface area contributed by atoms with Crippen LogP contribution in [-0.4, -0.2) is 35.4 Å². The van der Waals surface area contributed by atoms with Gasteiger partial charge < -0.3 is 16.0 Å². The fourth-order valence-electron chi connectivity index (χ4n) is 1.68. The van der Waals surface area contributed by atoms with Crippen LogP contribution in [0.3, 0.4) is 0 Å². The van der Waals surface area contributed by atoms with Crippen LogP contribution in [0.5, 0.6) is 0 Å². The van der Waals surface area contributed by atoms with Gasteiger partial charge in [0.15, 0.2) is 0 Å². The second kappa shape index (κ2) is 3.76.